The van der Waals surface area contributed by atoms with Gasteiger partial charge in [-0.3, -0.25) is 9.69 Å². The molecular formula is C21H26N2O4S. The molecule has 0 aromatic heterocycles. The standard InChI is InChI=1S/C21H26N2O4S/c1-28(26,27)20-8-6-17(7-9-20)21(25)22-12-10-19(24)15-23-13-11-16-4-2-3-5-18(16)14-23/h2-9,19,24H,10-15H2,1H3,(H,22,25). The molecule has 0 spiro atoms. The lowest BCUT2D eigenvalue weighted by molar-refractivity contribution is 0.0892. The molecule has 2 aromatic rings. The zero-order valence-electron chi connectivity index (χ0n) is 16.0. The van der Waals surface area contributed by atoms with E-state index in [1.807, 2.05) is 6.07 Å². The molecule has 1 heterocycles. The molecule has 1 aliphatic heterocycles. The van der Waals surface area contributed by atoms with E-state index in [1.165, 1.54) is 35.4 Å². The van der Waals surface area contributed by atoms with E-state index in [1.54, 1.807) is 0 Å². The highest BCUT2D eigenvalue weighted by molar-refractivity contribution is 7.90. The maximum atomic E-state index is 12.2. The van der Waals surface area contributed by atoms with Gasteiger partial charge in [0.1, 0.15) is 0 Å². The van der Waals surface area contributed by atoms with Crippen molar-refractivity contribution in [3.8, 4) is 0 Å². The van der Waals surface area contributed by atoms with E-state index in [4.69, 9.17) is 0 Å². The monoisotopic (exact) mass is 402 g/mol. The van der Waals surface area contributed by atoms with Crippen molar-refractivity contribution in [2.24, 2.45) is 0 Å². The Morgan fingerprint density at radius 3 is 2.50 bits per heavy atom. The molecule has 2 N–H and O–H groups in total. The first-order valence-electron chi connectivity index (χ1n) is 9.38. The number of aliphatic hydroxyl groups excluding tert-OH is 1. The van der Waals surface area contributed by atoms with Crippen molar-refractivity contribution in [3.05, 3.63) is 65.2 Å². The molecule has 0 bridgehead atoms. The number of carbonyl (C=O) groups excluding carboxylic acids is 1. The number of amides is 1. The predicted molar refractivity (Wildman–Crippen MR) is 108 cm³/mol. The Morgan fingerprint density at radius 1 is 1.14 bits per heavy atom. The molecular weight excluding hydrogens is 376 g/mol. The fraction of sp³-hybridized carbons (Fsp3) is 0.381. The summed E-state index contributed by atoms with van der Waals surface area (Å²) in [5, 5.41) is 13.1. The van der Waals surface area contributed by atoms with E-state index in [0.717, 1.165) is 25.8 Å². The summed E-state index contributed by atoms with van der Waals surface area (Å²) in [6, 6.07) is 14.2. The van der Waals surface area contributed by atoms with Gasteiger partial charge in [0.2, 0.25) is 0 Å². The van der Waals surface area contributed by atoms with Crippen molar-refractivity contribution in [2.75, 3.05) is 25.9 Å². The summed E-state index contributed by atoms with van der Waals surface area (Å²) in [7, 11) is -3.28. The minimum absolute atomic E-state index is 0.183. The summed E-state index contributed by atoms with van der Waals surface area (Å²) < 4.78 is 22.9. The Labute approximate surface area is 166 Å². The van der Waals surface area contributed by atoms with Crippen LogP contribution < -0.4 is 5.32 Å². The van der Waals surface area contributed by atoms with Crippen LogP contribution in [0.25, 0.3) is 0 Å². The number of nitrogens with zero attached hydrogens (tertiary/aromatic N) is 1. The van der Waals surface area contributed by atoms with Crippen LogP contribution in [0.3, 0.4) is 0 Å². The van der Waals surface area contributed by atoms with E-state index in [2.05, 4.69) is 28.4 Å². The summed E-state index contributed by atoms with van der Waals surface area (Å²) >= 11 is 0. The molecule has 3 rings (SSSR count). The first kappa shape index (κ1) is 20.5. The summed E-state index contributed by atoms with van der Waals surface area (Å²) in [5.41, 5.74) is 3.09. The molecule has 1 amide bonds. The minimum atomic E-state index is -3.28. The minimum Gasteiger partial charge on any atom is -0.392 e. The third-order valence-electron chi connectivity index (χ3n) is 4.99. The van der Waals surface area contributed by atoms with Crippen LogP contribution in [-0.4, -0.2) is 56.3 Å². The number of aliphatic hydroxyl groups is 1. The molecule has 0 aliphatic carbocycles. The molecule has 1 atom stereocenters. The van der Waals surface area contributed by atoms with Gasteiger partial charge in [-0.25, -0.2) is 8.42 Å². The van der Waals surface area contributed by atoms with Crippen molar-refractivity contribution >= 4 is 15.7 Å². The summed E-state index contributed by atoms with van der Waals surface area (Å²) in [4.78, 5) is 14.6. The fourth-order valence-corrected chi connectivity index (χ4v) is 4.04. The van der Waals surface area contributed by atoms with Crippen LogP contribution in [0.5, 0.6) is 0 Å². The quantitative estimate of drug-likeness (QED) is 0.735. The van der Waals surface area contributed by atoms with Crippen LogP contribution in [0.1, 0.15) is 27.9 Å². The number of rotatable bonds is 7. The van der Waals surface area contributed by atoms with Crippen LogP contribution in [0.4, 0.5) is 0 Å². The zero-order valence-corrected chi connectivity index (χ0v) is 16.8. The second-order valence-corrected chi connectivity index (χ2v) is 9.26. The fourth-order valence-electron chi connectivity index (χ4n) is 3.41. The SMILES string of the molecule is CS(=O)(=O)c1ccc(C(=O)NCCC(O)CN2CCc3ccccc3C2)cc1. The third-order valence-corrected chi connectivity index (χ3v) is 6.11. The van der Waals surface area contributed by atoms with E-state index >= 15 is 0 Å². The number of nitrogens with one attached hydrogen (secondary N) is 1. The predicted octanol–water partition coefficient (Wildman–Crippen LogP) is 1.63. The first-order valence-corrected chi connectivity index (χ1v) is 11.3. The number of β-amino-alcohol motifs (C(OH)–C–C–N with tert-alkyl or cyclic N) is 1. The van der Waals surface area contributed by atoms with Crippen LogP contribution in [0.15, 0.2) is 53.4 Å². The van der Waals surface area contributed by atoms with Gasteiger partial charge < -0.3 is 10.4 Å². The number of hydrogen-bond donors (Lipinski definition) is 2. The Balaban J connectivity index is 1.43. The molecule has 7 heteroatoms. The van der Waals surface area contributed by atoms with E-state index in [-0.39, 0.29) is 10.8 Å². The van der Waals surface area contributed by atoms with Crippen LogP contribution in [-0.2, 0) is 22.8 Å². The van der Waals surface area contributed by atoms with Gasteiger partial charge in [0, 0.05) is 38.0 Å². The third kappa shape index (κ3) is 5.41. The Morgan fingerprint density at radius 2 is 1.82 bits per heavy atom. The highest BCUT2D eigenvalue weighted by Gasteiger charge is 2.18. The molecule has 0 radical (unpaired) electrons. The average molecular weight is 403 g/mol. The summed E-state index contributed by atoms with van der Waals surface area (Å²) in [6.07, 6.45) is 2.07. The molecule has 28 heavy (non-hydrogen) atoms. The van der Waals surface area contributed by atoms with Crippen molar-refractivity contribution in [2.45, 2.75) is 30.4 Å². The van der Waals surface area contributed by atoms with Gasteiger partial charge in [0.15, 0.2) is 9.84 Å². The molecule has 0 saturated carbocycles. The van der Waals surface area contributed by atoms with Gasteiger partial charge in [0.05, 0.1) is 11.0 Å². The lowest BCUT2D eigenvalue weighted by atomic mass is 9.99. The molecule has 6 nitrogen and oxygen atoms in total. The van der Waals surface area contributed by atoms with Crippen molar-refractivity contribution in [1.29, 1.82) is 0 Å². The van der Waals surface area contributed by atoms with Crippen molar-refractivity contribution in [1.82, 2.24) is 10.2 Å². The van der Waals surface area contributed by atoms with Crippen molar-refractivity contribution < 1.29 is 18.3 Å². The lowest BCUT2D eigenvalue weighted by Crippen LogP contribution is -2.38. The van der Waals surface area contributed by atoms with Crippen LogP contribution in [0.2, 0.25) is 0 Å². The Kier molecular flexibility index (Phi) is 6.49. The number of benzene rings is 2. The number of hydrogen-bond acceptors (Lipinski definition) is 5. The smallest absolute Gasteiger partial charge is 0.251 e. The summed E-state index contributed by atoms with van der Waals surface area (Å²) in [6.45, 7) is 2.70. The lowest BCUT2D eigenvalue weighted by Gasteiger charge is -2.30. The topological polar surface area (TPSA) is 86.7 Å². The maximum Gasteiger partial charge on any atom is 0.251 e. The second-order valence-electron chi connectivity index (χ2n) is 7.25. The van der Waals surface area contributed by atoms with Gasteiger partial charge >= 0.3 is 0 Å². The average Bonchev–Trinajstić information content (AvgIpc) is 2.67. The highest BCUT2D eigenvalue weighted by atomic mass is 32.2. The number of sulfone groups is 1. The largest absolute Gasteiger partial charge is 0.392 e. The number of fused-ring (bicyclic) bond motifs is 1. The first-order chi connectivity index (χ1) is 13.3. The Hall–Kier alpha value is -2.22. The molecule has 1 aliphatic rings. The zero-order chi connectivity index (χ0) is 20.1. The van der Waals surface area contributed by atoms with Gasteiger partial charge in [0.25, 0.3) is 5.91 Å². The molecule has 0 saturated heterocycles. The van der Waals surface area contributed by atoms with Gasteiger partial charge in [-0.2, -0.15) is 0 Å². The highest BCUT2D eigenvalue weighted by Crippen LogP contribution is 2.18. The number of carbonyl (C=O) groups is 1. The van der Waals surface area contributed by atoms with Crippen molar-refractivity contribution in [3.63, 3.8) is 0 Å². The normalized spacial score (nSPS) is 15.6. The molecule has 150 valence electrons. The Bertz CT molecular complexity index is 926. The van der Waals surface area contributed by atoms with Crippen LogP contribution in [0, 0.1) is 0 Å². The molecule has 2 aromatic carbocycles. The van der Waals surface area contributed by atoms with Gasteiger partial charge in [-0.1, -0.05) is 24.3 Å². The van der Waals surface area contributed by atoms with Gasteiger partial charge in [-0.05, 0) is 48.2 Å². The maximum absolute atomic E-state index is 12.2. The van der Waals surface area contributed by atoms with Gasteiger partial charge in [-0.15, -0.1) is 0 Å². The van der Waals surface area contributed by atoms with E-state index in [9.17, 15) is 18.3 Å². The molecule has 1 unspecified atom stereocenters. The summed E-state index contributed by atoms with van der Waals surface area (Å²) in [5.74, 6) is -0.279. The van der Waals surface area contributed by atoms with E-state index < -0.39 is 15.9 Å². The second kappa shape index (κ2) is 8.86. The van der Waals surface area contributed by atoms with Crippen LogP contribution >= 0.6 is 0 Å². The molecule has 0 fully saturated rings. The van der Waals surface area contributed by atoms with E-state index in [0.29, 0.717) is 25.1 Å².